The molecule has 3 nitrogen and oxygen atoms in total. The van der Waals surface area contributed by atoms with E-state index in [4.69, 9.17) is 12.2 Å². The van der Waals surface area contributed by atoms with Crippen LogP contribution in [0.5, 0.6) is 0 Å². The van der Waals surface area contributed by atoms with E-state index in [1.54, 1.807) is 0 Å². The molecule has 0 saturated carbocycles. The summed E-state index contributed by atoms with van der Waals surface area (Å²) in [5.41, 5.74) is 4.85. The van der Waals surface area contributed by atoms with E-state index in [1.807, 2.05) is 0 Å². The van der Waals surface area contributed by atoms with Crippen LogP contribution in [0, 0.1) is 10.5 Å². The van der Waals surface area contributed by atoms with Crippen molar-refractivity contribution in [3.05, 3.63) is 87.3 Å². The van der Waals surface area contributed by atoms with E-state index in [0.29, 0.717) is 0 Å². The van der Waals surface area contributed by atoms with E-state index in [9.17, 15) is 0 Å². The number of nitrogens with zero attached hydrogens (tertiary/aromatic N) is 2. The average Bonchev–Trinajstić information content (AvgIpc) is 3.12. The van der Waals surface area contributed by atoms with Crippen molar-refractivity contribution in [3.63, 3.8) is 0 Å². The normalized spacial score (nSPS) is 16.2. The Hall–Kier alpha value is -1.86. The highest BCUT2D eigenvalue weighted by molar-refractivity contribution is 14.1. The molecule has 3 aromatic rings. The molecule has 0 bridgehead atoms. The molecule has 1 aromatic heterocycles. The van der Waals surface area contributed by atoms with E-state index in [-0.39, 0.29) is 6.04 Å². The van der Waals surface area contributed by atoms with Crippen molar-refractivity contribution in [1.82, 2.24) is 9.47 Å². The Kier molecular flexibility index (Phi) is 5.00. The molecule has 1 atom stereocenters. The maximum atomic E-state index is 5.80. The minimum absolute atomic E-state index is 0.128. The van der Waals surface area contributed by atoms with Gasteiger partial charge in [0.15, 0.2) is 5.11 Å². The minimum atomic E-state index is 0.128. The van der Waals surface area contributed by atoms with Crippen molar-refractivity contribution < 1.29 is 0 Å². The monoisotopic (exact) mass is 473 g/mol. The van der Waals surface area contributed by atoms with E-state index in [1.165, 1.54) is 20.4 Å². The first kappa shape index (κ1) is 17.5. The molecular weight excluding hydrogens is 453 g/mol. The summed E-state index contributed by atoms with van der Waals surface area (Å²) in [4.78, 5) is 2.30. The van der Waals surface area contributed by atoms with E-state index in [0.717, 1.165) is 23.9 Å². The molecule has 26 heavy (non-hydrogen) atoms. The van der Waals surface area contributed by atoms with Crippen LogP contribution in [0.3, 0.4) is 0 Å². The number of thiocarbonyl (C=S) groups is 1. The second-order valence-electron chi connectivity index (χ2n) is 6.57. The van der Waals surface area contributed by atoms with Gasteiger partial charge in [0.2, 0.25) is 0 Å². The molecule has 0 fully saturated rings. The summed E-state index contributed by atoms with van der Waals surface area (Å²) in [6.07, 6.45) is 2.16. The maximum absolute atomic E-state index is 5.80. The van der Waals surface area contributed by atoms with Crippen LogP contribution >= 0.6 is 34.8 Å². The Morgan fingerprint density at radius 3 is 2.50 bits per heavy atom. The Bertz CT molecular complexity index is 915. The van der Waals surface area contributed by atoms with Gasteiger partial charge in [0, 0.05) is 34.2 Å². The lowest BCUT2D eigenvalue weighted by atomic mass is 9.99. The number of halogens is 1. The first-order chi connectivity index (χ1) is 12.6. The molecular formula is C21H20IN3S. The molecule has 0 radical (unpaired) electrons. The number of benzene rings is 2. The van der Waals surface area contributed by atoms with Gasteiger partial charge in [-0.05, 0) is 83.7 Å². The zero-order chi connectivity index (χ0) is 18.1. The van der Waals surface area contributed by atoms with E-state index >= 15 is 0 Å². The van der Waals surface area contributed by atoms with E-state index in [2.05, 4.69) is 111 Å². The summed E-state index contributed by atoms with van der Waals surface area (Å²) >= 11 is 8.11. The van der Waals surface area contributed by atoms with Crippen LogP contribution < -0.4 is 5.32 Å². The Morgan fingerprint density at radius 1 is 1.04 bits per heavy atom. The van der Waals surface area contributed by atoms with Crippen LogP contribution in [0.4, 0.5) is 5.69 Å². The molecule has 0 amide bonds. The molecule has 0 spiro atoms. The summed E-state index contributed by atoms with van der Waals surface area (Å²) < 4.78 is 3.54. The highest BCUT2D eigenvalue weighted by Gasteiger charge is 2.30. The van der Waals surface area contributed by atoms with Gasteiger partial charge in [-0.2, -0.15) is 0 Å². The van der Waals surface area contributed by atoms with Crippen LogP contribution in [-0.4, -0.2) is 21.1 Å². The van der Waals surface area contributed by atoms with Crippen molar-refractivity contribution in [2.75, 3.05) is 11.9 Å². The standard InChI is InChI=1S/C21H20IN3S/c1-15-4-6-16(7-5-15)20-19-3-2-12-24(19)13-14-25(20)21(26)23-18-10-8-17(22)9-11-18/h2-12,20H,13-14H2,1H3,(H,23,26). The van der Waals surface area contributed by atoms with Gasteiger partial charge in [-0.15, -0.1) is 0 Å². The summed E-state index contributed by atoms with van der Waals surface area (Å²) in [5, 5.41) is 4.19. The van der Waals surface area contributed by atoms with Gasteiger partial charge in [-0.3, -0.25) is 0 Å². The van der Waals surface area contributed by atoms with E-state index < -0.39 is 0 Å². The van der Waals surface area contributed by atoms with Crippen LogP contribution in [0.15, 0.2) is 66.9 Å². The van der Waals surface area contributed by atoms with Crippen molar-refractivity contribution in [2.45, 2.75) is 19.5 Å². The third-order valence-electron chi connectivity index (χ3n) is 4.79. The molecule has 0 aliphatic carbocycles. The lowest BCUT2D eigenvalue weighted by molar-refractivity contribution is 0.293. The Morgan fingerprint density at radius 2 is 1.77 bits per heavy atom. The summed E-state index contributed by atoms with van der Waals surface area (Å²) in [6.45, 7) is 3.95. The van der Waals surface area contributed by atoms with Crippen LogP contribution in [0.1, 0.15) is 22.9 Å². The van der Waals surface area contributed by atoms with Crippen LogP contribution in [-0.2, 0) is 6.54 Å². The fourth-order valence-corrected chi connectivity index (χ4v) is 4.10. The number of rotatable bonds is 2. The fraction of sp³-hybridized carbons (Fsp3) is 0.190. The number of aryl methyl sites for hydroxylation is 1. The van der Waals surface area contributed by atoms with Gasteiger partial charge < -0.3 is 14.8 Å². The van der Waals surface area contributed by atoms with Crippen molar-refractivity contribution in [3.8, 4) is 0 Å². The number of nitrogens with one attached hydrogen (secondary N) is 1. The highest BCUT2D eigenvalue weighted by Crippen LogP contribution is 2.33. The molecule has 4 rings (SSSR count). The number of anilines is 1. The highest BCUT2D eigenvalue weighted by atomic mass is 127. The largest absolute Gasteiger partial charge is 0.348 e. The first-order valence-corrected chi connectivity index (χ1v) is 10.2. The smallest absolute Gasteiger partial charge is 0.174 e. The second kappa shape index (κ2) is 7.40. The van der Waals surface area contributed by atoms with Gasteiger partial charge in [0.1, 0.15) is 0 Å². The quantitative estimate of drug-likeness (QED) is 0.408. The van der Waals surface area contributed by atoms with Crippen molar-refractivity contribution in [2.24, 2.45) is 0 Å². The molecule has 1 aliphatic rings. The van der Waals surface area contributed by atoms with Gasteiger partial charge in [0.05, 0.1) is 6.04 Å². The molecule has 2 heterocycles. The zero-order valence-electron chi connectivity index (χ0n) is 14.5. The topological polar surface area (TPSA) is 20.2 Å². The third kappa shape index (κ3) is 3.50. The first-order valence-electron chi connectivity index (χ1n) is 8.66. The molecule has 5 heteroatoms. The summed E-state index contributed by atoms with van der Waals surface area (Å²) in [6, 6.07) is 21.5. The maximum Gasteiger partial charge on any atom is 0.174 e. The predicted molar refractivity (Wildman–Crippen MR) is 120 cm³/mol. The van der Waals surface area contributed by atoms with Gasteiger partial charge in [-0.25, -0.2) is 0 Å². The minimum Gasteiger partial charge on any atom is -0.348 e. The van der Waals surface area contributed by atoms with Gasteiger partial charge in [0.25, 0.3) is 0 Å². The van der Waals surface area contributed by atoms with Crippen molar-refractivity contribution >= 4 is 45.6 Å². The number of aromatic nitrogens is 1. The lowest BCUT2D eigenvalue weighted by Crippen LogP contribution is -2.44. The molecule has 132 valence electrons. The zero-order valence-corrected chi connectivity index (χ0v) is 17.5. The van der Waals surface area contributed by atoms with Crippen LogP contribution in [0.2, 0.25) is 0 Å². The molecule has 0 saturated heterocycles. The van der Waals surface area contributed by atoms with Gasteiger partial charge in [-0.1, -0.05) is 29.8 Å². The molecule has 1 N–H and O–H groups in total. The lowest BCUT2D eigenvalue weighted by Gasteiger charge is -2.39. The molecule has 1 unspecified atom stereocenters. The SMILES string of the molecule is Cc1ccc(C2c3cccn3CCN2C(=S)Nc2ccc(I)cc2)cc1. The van der Waals surface area contributed by atoms with Crippen LogP contribution in [0.25, 0.3) is 0 Å². The average molecular weight is 473 g/mol. The number of hydrogen-bond acceptors (Lipinski definition) is 1. The van der Waals surface area contributed by atoms with Crippen molar-refractivity contribution in [1.29, 1.82) is 0 Å². The summed E-state index contributed by atoms with van der Waals surface area (Å²) in [7, 11) is 0. The fourth-order valence-electron chi connectivity index (χ4n) is 3.43. The third-order valence-corrected chi connectivity index (χ3v) is 5.84. The molecule has 2 aromatic carbocycles. The number of fused-ring (bicyclic) bond motifs is 1. The number of hydrogen-bond donors (Lipinski definition) is 1. The second-order valence-corrected chi connectivity index (χ2v) is 8.20. The Labute approximate surface area is 173 Å². The Balaban J connectivity index is 1.66. The van der Waals surface area contributed by atoms with Gasteiger partial charge >= 0.3 is 0 Å². The summed E-state index contributed by atoms with van der Waals surface area (Å²) in [5.74, 6) is 0. The predicted octanol–water partition coefficient (Wildman–Crippen LogP) is 5.20. The molecule has 1 aliphatic heterocycles.